The maximum absolute atomic E-state index is 3.87. The number of H-pyrrole nitrogens is 1. The van der Waals surface area contributed by atoms with E-state index >= 15 is 0 Å². The van der Waals surface area contributed by atoms with E-state index in [9.17, 15) is 0 Å². The molecule has 0 saturated carbocycles. The minimum absolute atomic E-state index is 1.07. The summed E-state index contributed by atoms with van der Waals surface area (Å²) in [6, 6.07) is 4.02. The van der Waals surface area contributed by atoms with Crippen molar-refractivity contribution < 1.29 is 0 Å². The van der Waals surface area contributed by atoms with Gasteiger partial charge in [0.25, 0.3) is 0 Å². The molecule has 0 aliphatic carbocycles. The molecule has 0 amide bonds. The molecule has 2 heterocycles. The predicted molar refractivity (Wildman–Crippen MR) is 49.6 cm³/mol. The highest BCUT2D eigenvalue weighted by atomic mass is 79.9. The third-order valence-corrected chi connectivity index (χ3v) is 3.06. The number of aromatic amines is 1. The molecule has 4 heteroatoms. The highest BCUT2D eigenvalue weighted by Gasteiger charge is 2.00. The van der Waals surface area contributed by atoms with Crippen LogP contribution < -0.4 is 0 Å². The zero-order valence-electron chi connectivity index (χ0n) is 5.54. The first-order valence-electron chi connectivity index (χ1n) is 3.10. The van der Waals surface area contributed by atoms with Gasteiger partial charge in [0.2, 0.25) is 0 Å². The number of nitrogens with zero attached hydrogens (tertiary/aromatic N) is 1. The van der Waals surface area contributed by atoms with Gasteiger partial charge in [0.1, 0.15) is 0 Å². The summed E-state index contributed by atoms with van der Waals surface area (Å²) < 4.78 is 1.12. The number of aromatic nitrogens is 2. The summed E-state index contributed by atoms with van der Waals surface area (Å²) in [5, 5.41) is 8.83. The molecule has 0 bridgehead atoms. The van der Waals surface area contributed by atoms with Crippen LogP contribution in [0.1, 0.15) is 0 Å². The van der Waals surface area contributed by atoms with Crippen LogP contribution in [0.25, 0.3) is 10.6 Å². The van der Waals surface area contributed by atoms with Crippen molar-refractivity contribution in [3.8, 4) is 10.6 Å². The second kappa shape index (κ2) is 2.79. The zero-order chi connectivity index (χ0) is 7.68. The standard InChI is InChI=1S/C7H5BrN2S/c8-5-3-7(11-4-5)6-1-2-9-10-6/h1-4H,(H,9,10). The van der Waals surface area contributed by atoms with Gasteiger partial charge in [0.05, 0.1) is 10.6 Å². The number of nitrogens with one attached hydrogen (secondary N) is 1. The largest absolute Gasteiger partial charge is 0.277 e. The molecule has 0 radical (unpaired) electrons. The van der Waals surface area contributed by atoms with Gasteiger partial charge in [-0.25, -0.2) is 0 Å². The summed E-state index contributed by atoms with van der Waals surface area (Å²) in [5.74, 6) is 0. The van der Waals surface area contributed by atoms with Crippen LogP contribution in [-0.2, 0) is 0 Å². The van der Waals surface area contributed by atoms with Crippen LogP contribution in [0, 0.1) is 0 Å². The van der Waals surface area contributed by atoms with Gasteiger partial charge >= 0.3 is 0 Å². The van der Waals surface area contributed by atoms with E-state index in [1.165, 1.54) is 4.88 Å². The predicted octanol–water partition coefficient (Wildman–Crippen LogP) is 2.90. The average molecular weight is 229 g/mol. The topological polar surface area (TPSA) is 28.7 Å². The van der Waals surface area contributed by atoms with Gasteiger partial charge < -0.3 is 0 Å². The molecule has 0 aliphatic heterocycles. The van der Waals surface area contributed by atoms with Crippen LogP contribution in [0.15, 0.2) is 28.2 Å². The lowest BCUT2D eigenvalue weighted by Crippen LogP contribution is -1.69. The van der Waals surface area contributed by atoms with E-state index in [-0.39, 0.29) is 0 Å². The van der Waals surface area contributed by atoms with Gasteiger partial charge in [-0.1, -0.05) is 0 Å². The fourth-order valence-electron chi connectivity index (χ4n) is 0.847. The molecule has 2 aromatic rings. The number of hydrogen-bond donors (Lipinski definition) is 1. The van der Waals surface area contributed by atoms with E-state index in [4.69, 9.17) is 0 Å². The maximum atomic E-state index is 3.87. The van der Waals surface area contributed by atoms with E-state index < -0.39 is 0 Å². The molecular formula is C7H5BrN2S. The van der Waals surface area contributed by atoms with E-state index in [2.05, 4.69) is 37.6 Å². The molecule has 1 N–H and O–H groups in total. The van der Waals surface area contributed by atoms with Crippen LogP contribution in [0.3, 0.4) is 0 Å². The quantitative estimate of drug-likeness (QED) is 0.800. The molecule has 11 heavy (non-hydrogen) atoms. The Bertz CT molecular complexity index is 339. The van der Waals surface area contributed by atoms with Crippen molar-refractivity contribution in [2.45, 2.75) is 0 Å². The van der Waals surface area contributed by atoms with E-state index in [1.807, 2.05) is 6.07 Å². The van der Waals surface area contributed by atoms with Crippen molar-refractivity contribution in [2.24, 2.45) is 0 Å². The molecule has 0 aliphatic rings. The summed E-state index contributed by atoms with van der Waals surface area (Å²) in [6.07, 6.45) is 1.75. The molecule has 0 saturated heterocycles. The first-order chi connectivity index (χ1) is 5.36. The zero-order valence-corrected chi connectivity index (χ0v) is 7.95. The highest BCUT2D eigenvalue weighted by Crippen LogP contribution is 2.27. The highest BCUT2D eigenvalue weighted by molar-refractivity contribution is 9.10. The normalized spacial score (nSPS) is 10.3. The fourth-order valence-corrected chi connectivity index (χ4v) is 2.25. The van der Waals surface area contributed by atoms with E-state index in [0.29, 0.717) is 0 Å². The smallest absolute Gasteiger partial charge is 0.0750 e. The van der Waals surface area contributed by atoms with E-state index in [0.717, 1.165) is 10.2 Å². The summed E-state index contributed by atoms with van der Waals surface area (Å²) in [6.45, 7) is 0. The Hall–Kier alpha value is -0.610. The molecular weight excluding hydrogens is 224 g/mol. The third-order valence-electron chi connectivity index (χ3n) is 1.33. The first-order valence-corrected chi connectivity index (χ1v) is 4.77. The summed E-state index contributed by atoms with van der Waals surface area (Å²) in [7, 11) is 0. The van der Waals surface area contributed by atoms with Crippen LogP contribution in [0.2, 0.25) is 0 Å². The molecule has 2 aromatic heterocycles. The Balaban J connectivity index is 2.45. The minimum atomic E-state index is 1.07. The van der Waals surface area contributed by atoms with Crippen molar-refractivity contribution in [2.75, 3.05) is 0 Å². The molecule has 0 fully saturated rings. The molecule has 0 spiro atoms. The first kappa shape index (κ1) is 7.06. The number of halogens is 1. The van der Waals surface area contributed by atoms with Gasteiger partial charge in [0, 0.05) is 16.0 Å². The summed E-state index contributed by atoms with van der Waals surface area (Å²) in [5.41, 5.74) is 1.07. The molecule has 0 atom stereocenters. The summed E-state index contributed by atoms with van der Waals surface area (Å²) in [4.78, 5) is 1.20. The lowest BCUT2D eigenvalue weighted by Gasteiger charge is -1.85. The SMILES string of the molecule is Brc1csc(-c2ccn[nH]2)c1. The number of hydrogen-bond acceptors (Lipinski definition) is 2. The van der Waals surface area contributed by atoms with Gasteiger partial charge in [-0.05, 0) is 28.1 Å². The van der Waals surface area contributed by atoms with Crippen LogP contribution >= 0.6 is 27.3 Å². The number of thiophene rings is 1. The minimum Gasteiger partial charge on any atom is -0.277 e. The third kappa shape index (κ3) is 1.36. The molecule has 0 unspecified atom stereocenters. The monoisotopic (exact) mass is 228 g/mol. The molecule has 0 aromatic carbocycles. The Labute approximate surface area is 76.4 Å². The van der Waals surface area contributed by atoms with Gasteiger partial charge in [0.15, 0.2) is 0 Å². The van der Waals surface area contributed by atoms with Gasteiger partial charge in [-0.3, -0.25) is 5.10 Å². The summed E-state index contributed by atoms with van der Waals surface area (Å²) >= 11 is 5.08. The van der Waals surface area contributed by atoms with Crippen LogP contribution in [0.5, 0.6) is 0 Å². The Morgan fingerprint density at radius 3 is 3.00 bits per heavy atom. The van der Waals surface area contributed by atoms with Crippen LogP contribution in [0.4, 0.5) is 0 Å². The average Bonchev–Trinajstić information content (AvgIpc) is 2.55. The molecule has 56 valence electrons. The molecule has 2 rings (SSSR count). The van der Waals surface area contributed by atoms with Crippen molar-refractivity contribution in [3.05, 3.63) is 28.2 Å². The van der Waals surface area contributed by atoms with E-state index in [1.54, 1.807) is 17.5 Å². The van der Waals surface area contributed by atoms with Gasteiger partial charge in [-0.15, -0.1) is 11.3 Å². The van der Waals surface area contributed by atoms with Crippen molar-refractivity contribution in [3.63, 3.8) is 0 Å². The Morgan fingerprint density at radius 1 is 1.55 bits per heavy atom. The van der Waals surface area contributed by atoms with Gasteiger partial charge in [-0.2, -0.15) is 5.10 Å². The lowest BCUT2D eigenvalue weighted by molar-refractivity contribution is 1.10. The van der Waals surface area contributed by atoms with Crippen LogP contribution in [-0.4, -0.2) is 10.2 Å². The second-order valence-corrected chi connectivity index (χ2v) is 3.93. The van der Waals surface area contributed by atoms with Crippen molar-refractivity contribution in [1.29, 1.82) is 0 Å². The second-order valence-electron chi connectivity index (χ2n) is 2.10. The lowest BCUT2D eigenvalue weighted by atomic mass is 10.3. The van der Waals surface area contributed by atoms with Crippen molar-refractivity contribution in [1.82, 2.24) is 10.2 Å². The van der Waals surface area contributed by atoms with Crippen molar-refractivity contribution >= 4 is 27.3 Å². The Morgan fingerprint density at radius 2 is 2.45 bits per heavy atom. The maximum Gasteiger partial charge on any atom is 0.0750 e. The number of rotatable bonds is 1. The Kier molecular flexibility index (Phi) is 1.79. The fraction of sp³-hybridized carbons (Fsp3) is 0. The molecule has 2 nitrogen and oxygen atoms in total.